The van der Waals surface area contributed by atoms with Crippen LogP contribution < -0.4 is 5.73 Å². The molecular formula is C7H12N4. The summed E-state index contributed by atoms with van der Waals surface area (Å²) >= 11 is 0. The number of aliphatic imine (C=N–C) groups is 1. The van der Waals surface area contributed by atoms with Gasteiger partial charge in [0.25, 0.3) is 0 Å². The van der Waals surface area contributed by atoms with Crippen LogP contribution in [-0.4, -0.2) is 16.0 Å². The van der Waals surface area contributed by atoms with Gasteiger partial charge < -0.3 is 5.73 Å². The number of aryl methyl sites for hydroxylation is 1. The normalized spacial score (nSPS) is 12.0. The summed E-state index contributed by atoms with van der Waals surface area (Å²) < 4.78 is 0. The summed E-state index contributed by atoms with van der Waals surface area (Å²) in [4.78, 5) is 3.98. The van der Waals surface area contributed by atoms with Gasteiger partial charge in [-0.1, -0.05) is 6.92 Å². The first-order valence-electron chi connectivity index (χ1n) is 3.57. The van der Waals surface area contributed by atoms with Crippen LogP contribution in [0.5, 0.6) is 0 Å². The van der Waals surface area contributed by atoms with Gasteiger partial charge in [-0.3, -0.25) is 5.10 Å². The van der Waals surface area contributed by atoms with Crippen LogP contribution in [-0.2, 0) is 6.42 Å². The van der Waals surface area contributed by atoms with Gasteiger partial charge in [0, 0.05) is 11.8 Å². The molecule has 0 atom stereocenters. The van der Waals surface area contributed by atoms with Gasteiger partial charge in [0.05, 0.1) is 5.84 Å². The van der Waals surface area contributed by atoms with E-state index in [9.17, 15) is 0 Å². The summed E-state index contributed by atoms with van der Waals surface area (Å²) in [6.07, 6.45) is 0.937. The zero-order valence-electron chi connectivity index (χ0n) is 6.76. The maximum Gasteiger partial charge on any atom is 0.175 e. The molecule has 0 amide bonds. The molecule has 60 valence electrons. The zero-order valence-corrected chi connectivity index (χ0v) is 6.76. The highest BCUT2D eigenvalue weighted by molar-refractivity contribution is 5.79. The van der Waals surface area contributed by atoms with Crippen molar-refractivity contribution < 1.29 is 0 Å². The summed E-state index contributed by atoms with van der Waals surface area (Å²) in [6, 6.07) is 1.89. The fourth-order valence-corrected chi connectivity index (χ4v) is 0.769. The predicted octanol–water partition coefficient (Wildman–Crippen LogP) is 0.981. The topological polar surface area (TPSA) is 67.1 Å². The number of hydrogen-bond acceptors (Lipinski definition) is 2. The third-order valence-corrected chi connectivity index (χ3v) is 1.29. The molecule has 1 rings (SSSR count). The Kier molecular flexibility index (Phi) is 2.25. The molecule has 0 aliphatic heterocycles. The van der Waals surface area contributed by atoms with Crippen molar-refractivity contribution in [1.82, 2.24) is 10.2 Å². The lowest BCUT2D eigenvalue weighted by molar-refractivity contribution is 0.973. The molecule has 0 aromatic carbocycles. The molecule has 0 radical (unpaired) electrons. The predicted molar refractivity (Wildman–Crippen MR) is 44.9 cm³/mol. The van der Waals surface area contributed by atoms with E-state index >= 15 is 0 Å². The molecule has 1 aromatic heterocycles. The number of nitrogens with two attached hydrogens (primary N) is 1. The molecule has 0 bridgehead atoms. The third-order valence-electron chi connectivity index (χ3n) is 1.29. The second kappa shape index (κ2) is 3.18. The Labute approximate surface area is 65.5 Å². The lowest BCUT2D eigenvalue weighted by Crippen LogP contribution is -2.03. The Bertz CT molecular complexity index is 257. The minimum Gasteiger partial charge on any atom is -0.387 e. The summed E-state index contributed by atoms with van der Waals surface area (Å²) in [5, 5.41) is 6.78. The van der Waals surface area contributed by atoms with Crippen molar-refractivity contribution in [2.45, 2.75) is 20.3 Å². The Balaban J connectivity index is 2.81. The van der Waals surface area contributed by atoms with Crippen molar-refractivity contribution >= 4 is 11.7 Å². The van der Waals surface area contributed by atoms with Gasteiger partial charge in [-0.05, 0) is 13.3 Å². The van der Waals surface area contributed by atoms with Crippen molar-refractivity contribution in [3.05, 3.63) is 11.8 Å². The number of nitrogens with one attached hydrogen (secondary N) is 1. The second-order valence-electron chi connectivity index (χ2n) is 2.36. The fourth-order valence-electron chi connectivity index (χ4n) is 0.769. The van der Waals surface area contributed by atoms with Gasteiger partial charge in [-0.15, -0.1) is 0 Å². The van der Waals surface area contributed by atoms with E-state index in [1.807, 2.05) is 6.07 Å². The first-order valence-corrected chi connectivity index (χ1v) is 3.57. The van der Waals surface area contributed by atoms with Gasteiger partial charge in [0.15, 0.2) is 5.82 Å². The molecule has 0 aliphatic carbocycles. The van der Waals surface area contributed by atoms with Crippen LogP contribution in [0, 0.1) is 0 Å². The molecule has 0 fully saturated rings. The number of amidine groups is 1. The SMILES string of the molecule is CCc1cc(N=C(C)N)n[nH]1. The largest absolute Gasteiger partial charge is 0.387 e. The van der Waals surface area contributed by atoms with Crippen molar-refractivity contribution in [3.8, 4) is 0 Å². The quantitative estimate of drug-likeness (QED) is 0.490. The minimum atomic E-state index is 0.527. The number of rotatable bonds is 2. The fraction of sp³-hybridized carbons (Fsp3) is 0.429. The highest BCUT2D eigenvalue weighted by atomic mass is 15.2. The highest BCUT2D eigenvalue weighted by Crippen LogP contribution is 2.08. The Morgan fingerprint density at radius 1 is 1.82 bits per heavy atom. The van der Waals surface area contributed by atoms with Gasteiger partial charge in [-0.25, -0.2) is 4.99 Å². The smallest absolute Gasteiger partial charge is 0.175 e. The van der Waals surface area contributed by atoms with E-state index in [2.05, 4.69) is 22.1 Å². The second-order valence-corrected chi connectivity index (χ2v) is 2.36. The summed E-state index contributed by atoms with van der Waals surface area (Å²) in [5.74, 6) is 1.18. The van der Waals surface area contributed by atoms with Crippen LogP contribution in [0.1, 0.15) is 19.5 Å². The molecule has 0 saturated heterocycles. The number of aromatic nitrogens is 2. The maximum absolute atomic E-state index is 5.37. The highest BCUT2D eigenvalue weighted by Gasteiger charge is 1.95. The first-order chi connectivity index (χ1) is 5.22. The van der Waals surface area contributed by atoms with Crippen LogP contribution in [0.4, 0.5) is 5.82 Å². The van der Waals surface area contributed by atoms with Gasteiger partial charge in [-0.2, -0.15) is 5.10 Å². The minimum absolute atomic E-state index is 0.527. The maximum atomic E-state index is 5.37. The lowest BCUT2D eigenvalue weighted by atomic mass is 10.3. The van der Waals surface area contributed by atoms with Crippen LogP contribution >= 0.6 is 0 Å². The molecule has 0 aliphatic rings. The Morgan fingerprint density at radius 3 is 3.00 bits per heavy atom. The summed E-state index contributed by atoms with van der Waals surface area (Å²) in [7, 11) is 0. The average molecular weight is 152 g/mol. The molecule has 11 heavy (non-hydrogen) atoms. The van der Waals surface area contributed by atoms with Gasteiger partial charge in [0.2, 0.25) is 0 Å². The van der Waals surface area contributed by atoms with Gasteiger partial charge in [0.1, 0.15) is 0 Å². The van der Waals surface area contributed by atoms with Crippen LogP contribution in [0.3, 0.4) is 0 Å². The van der Waals surface area contributed by atoms with E-state index in [-0.39, 0.29) is 0 Å². The van der Waals surface area contributed by atoms with E-state index in [4.69, 9.17) is 5.73 Å². The zero-order chi connectivity index (χ0) is 8.27. The van der Waals surface area contributed by atoms with E-state index < -0.39 is 0 Å². The van der Waals surface area contributed by atoms with Crippen LogP contribution in [0.2, 0.25) is 0 Å². The number of H-pyrrole nitrogens is 1. The first kappa shape index (κ1) is 7.78. The molecule has 0 spiro atoms. The lowest BCUT2D eigenvalue weighted by Gasteiger charge is -1.84. The van der Waals surface area contributed by atoms with Crippen LogP contribution in [0.15, 0.2) is 11.1 Å². The molecule has 0 saturated carbocycles. The molecule has 1 heterocycles. The Hall–Kier alpha value is -1.32. The van der Waals surface area contributed by atoms with E-state index in [1.165, 1.54) is 0 Å². The third kappa shape index (κ3) is 2.07. The molecular weight excluding hydrogens is 140 g/mol. The molecule has 1 aromatic rings. The van der Waals surface area contributed by atoms with Crippen molar-refractivity contribution in [2.24, 2.45) is 10.7 Å². The monoisotopic (exact) mass is 152 g/mol. The molecule has 3 N–H and O–H groups in total. The number of hydrogen-bond donors (Lipinski definition) is 2. The van der Waals surface area contributed by atoms with Gasteiger partial charge >= 0.3 is 0 Å². The van der Waals surface area contributed by atoms with Crippen molar-refractivity contribution in [3.63, 3.8) is 0 Å². The van der Waals surface area contributed by atoms with E-state index in [0.717, 1.165) is 12.1 Å². The standard InChI is InChI=1S/C7H12N4/c1-3-6-4-7(11-10-6)9-5(2)8/h4H,3H2,1-2H3,(H3,8,9,10,11). The summed E-state index contributed by atoms with van der Waals surface area (Å²) in [6.45, 7) is 3.79. The molecule has 4 heteroatoms. The van der Waals surface area contributed by atoms with E-state index in [1.54, 1.807) is 6.92 Å². The van der Waals surface area contributed by atoms with E-state index in [0.29, 0.717) is 11.7 Å². The van der Waals surface area contributed by atoms with Crippen LogP contribution in [0.25, 0.3) is 0 Å². The van der Waals surface area contributed by atoms with Crippen molar-refractivity contribution in [1.29, 1.82) is 0 Å². The summed E-state index contributed by atoms with van der Waals surface area (Å²) in [5.41, 5.74) is 6.45. The number of aromatic amines is 1. The molecule has 4 nitrogen and oxygen atoms in total. The molecule has 0 unspecified atom stereocenters. The average Bonchev–Trinajstić information content (AvgIpc) is 2.34. The van der Waals surface area contributed by atoms with Crippen molar-refractivity contribution in [2.75, 3.05) is 0 Å². The Morgan fingerprint density at radius 2 is 2.55 bits per heavy atom. The number of nitrogens with zero attached hydrogens (tertiary/aromatic N) is 2.